The highest BCUT2D eigenvalue weighted by Crippen LogP contribution is 2.29. The van der Waals surface area contributed by atoms with Gasteiger partial charge in [-0.25, -0.2) is 8.42 Å². The molecule has 1 atom stereocenters. The summed E-state index contributed by atoms with van der Waals surface area (Å²) in [5.41, 5.74) is 3.82. The van der Waals surface area contributed by atoms with Crippen LogP contribution in [0.25, 0.3) is 0 Å². The predicted molar refractivity (Wildman–Crippen MR) is 191 cm³/mol. The average molecular weight is 717 g/mol. The van der Waals surface area contributed by atoms with Crippen molar-refractivity contribution in [2.24, 2.45) is 0 Å². The molecule has 0 saturated heterocycles. The minimum atomic E-state index is -4.15. The number of nitrogens with one attached hydrogen (secondary N) is 1. The largest absolute Gasteiger partial charge is 0.352 e. The molecule has 47 heavy (non-hydrogen) atoms. The van der Waals surface area contributed by atoms with Crippen LogP contribution in [0.3, 0.4) is 0 Å². The minimum absolute atomic E-state index is 0.0437. The van der Waals surface area contributed by atoms with Crippen LogP contribution in [-0.4, -0.2) is 43.8 Å². The number of benzene rings is 4. The van der Waals surface area contributed by atoms with Gasteiger partial charge in [-0.15, -0.1) is 0 Å². The van der Waals surface area contributed by atoms with E-state index in [1.165, 1.54) is 16.4 Å². The van der Waals surface area contributed by atoms with Crippen molar-refractivity contribution in [3.8, 4) is 0 Å². The fourth-order valence-corrected chi connectivity index (χ4v) is 8.11. The molecule has 2 amide bonds. The Labute approximate surface area is 287 Å². The summed E-state index contributed by atoms with van der Waals surface area (Å²) in [6, 6.07) is 30.0. The molecule has 1 aliphatic carbocycles. The van der Waals surface area contributed by atoms with Crippen LogP contribution in [0.4, 0.5) is 5.69 Å². The molecule has 0 radical (unpaired) electrons. The molecule has 0 bridgehead atoms. The zero-order valence-corrected chi connectivity index (χ0v) is 29.3. The lowest BCUT2D eigenvalue weighted by molar-refractivity contribution is -0.140. The zero-order valence-electron chi connectivity index (χ0n) is 26.9. The number of hydrogen-bond acceptors (Lipinski definition) is 4. The summed E-state index contributed by atoms with van der Waals surface area (Å²) in [6.45, 7) is 3.42. The third kappa shape index (κ3) is 8.70. The van der Waals surface area contributed by atoms with E-state index in [0.29, 0.717) is 5.69 Å². The van der Waals surface area contributed by atoms with E-state index in [1.54, 1.807) is 35.2 Å². The maximum absolute atomic E-state index is 14.7. The highest BCUT2D eigenvalue weighted by molar-refractivity contribution is 9.10. The quantitative estimate of drug-likeness (QED) is 0.166. The molecule has 4 aromatic carbocycles. The number of halogens is 1. The van der Waals surface area contributed by atoms with Crippen LogP contribution in [0, 0.1) is 13.8 Å². The number of amides is 2. The molecule has 1 fully saturated rings. The topological polar surface area (TPSA) is 86.8 Å². The monoisotopic (exact) mass is 715 g/mol. The Bertz CT molecular complexity index is 1780. The first kappa shape index (κ1) is 34.4. The molecule has 0 heterocycles. The summed E-state index contributed by atoms with van der Waals surface area (Å²) in [5.74, 6) is -0.696. The number of anilines is 1. The number of carbonyl (C=O) groups excluding carboxylic acids is 2. The van der Waals surface area contributed by atoms with Gasteiger partial charge in [0.1, 0.15) is 12.6 Å². The van der Waals surface area contributed by atoms with E-state index >= 15 is 0 Å². The van der Waals surface area contributed by atoms with Crippen LogP contribution >= 0.6 is 15.9 Å². The lowest BCUT2D eigenvalue weighted by Crippen LogP contribution is -2.55. The lowest BCUT2D eigenvalue weighted by Gasteiger charge is -2.35. The van der Waals surface area contributed by atoms with Crippen LogP contribution in [0.2, 0.25) is 0 Å². The molecule has 1 aliphatic rings. The number of aryl methyl sites for hydroxylation is 1. The SMILES string of the molecule is Cc1cccc(N(CC(=O)N(Cc2cccc(Br)c2)[C@@H](Cc2ccccc2)C(=O)NC2CCCCC2)S(=O)(=O)c2ccccc2)c1C. The van der Waals surface area contributed by atoms with Gasteiger partial charge in [0.05, 0.1) is 10.6 Å². The fourth-order valence-electron chi connectivity index (χ4n) is 6.17. The maximum atomic E-state index is 14.7. The molecule has 4 aromatic rings. The van der Waals surface area contributed by atoms with Crippen molar-refractivity contribution in [3.63, 3.8) is 0 Å². The Balaban J connectivity index is 1.58. The van der Waals surface area contributed by atoms with Crippen LogP contribution in [-0.2, 0) is 32.6 Å². The Morgan fingerprint density at radius 3 is 2.15 bits per heavy atom. The summed E-state index contributed by atoms with van der Waals surface area (Å²) in [6.07, 6.45) is 5.35. The first-order valence-corrected chi connectivity index (χ1v) is 18.4. The average Bonchev–Trinajstić information content (AvgIpc) is 3.08. The highest BCUT2D eigenvalue weighted by atomic mass is 79.9. The van der Waals surface area contributed by atoms with E-state index in [0.717, 1.165) is 58.8 Å². The molecule has 0 unspecified atom stereocenters. The van der Waals surface area contributed by atoms with E-state index in [4.69, 9.17) is 0 Å². The molecule has 0 aliphatic heterocycles. The molecule has 0 aromatic heterocycles. The van der Waals surface area contributed by atoms with Gasteiger partial charge in [0, 0.05) is 23.5 Å². The fraction of sp³-hybridized carbons (Fsp3) is 0.316. The Morgan fingerprint density at radius 2 is 1.47 bits per heavy atom. The Kier molecular flexibility index (Phi) is 11.5. The minimum Gasteiger partial charge on any atom is -0.352 e. The first-order chi connectivity index (χ1) is 22.6. The van der Waals surface area contributed by atoms with Crippen LogP contribution in [0.1, 0.15) is 54.4 Å². The second-order valence-corrected chi connectivity index (χ2v) is 15.0. The van der Waals surface area contributed by atoms with Crippen LogP contribution < -0.4 is 9.62 Å². The number of hydrogen-bond donors (Lipinski definition) is 1. The standard InChI is InChI=1S/C38H42BrN3O4S/c1-28-14-12-23-35(29(28)2)42(47(45,46)34-21-10-5-11-22-34)27-37(43)41(26-31-17-13-18-32(39)24-31)36(25-30-15-6-3-7-16-30)38(44)40-33-19-8-4-9-20-33/h3,5-7,10-18,21-24,33,36H,4,8-9,19-20,25-27H2,1-2H3,(H,40,44)/t36-/m0/s1. The number of rotatable bonds is 12. The second kappa shape index (κ2) is 15.8. The molecule has 1 saturated carbocycles. The van der Waals surface area contributed by atoms with Crippen LogP contribution in [0.5, 0.6) is 0 Å². The summed E-state index contributed by atoms with van der Waals surface area (Å²) in [7, 11) is -4.15. The second-order valence-electron chi connectivity index (χ2n) is 12.2. The van der Waals surface area contributed by atoms with Crippen molar-refractivity contribution in [1.29, 1.82) is 0 Å². The van der Waals surface area contributed by atoms with Crippen molar-refractivity contribution in [2.75, 3.05) is 10.8 Å². The third-order valence-electron chi connectivity index (χ3n) is 8.92. The van der Waals surface area contributed by atoms with E-state index in [-0.39, 0.29) is 29.8 Å². The number of nitrogens with zero attached hydrogens (tertiary/aromatic N) is 2. The molecular formula is C38H42BrN3O4S. The smallest absolute Gasteiger partial charge is 0.264 e. The molecule has 9 heteroatoms. The van der Waals surface area contributed by atoms with E-state index < -0.39 is 28.5 Å². The van der Waals surface area contributed by atoms with Crippen LogP contribution in [0.15, 0.2) is 112 Å². The lowest BCUT2D eigenvalue weighted by atomic mass is 9.94. The molecule has 5 rings (SSSR count). The first-order valence-electron chi connectivity index (χ1n) is 16.2. The normalized spacial score (nSPS) is 14.3. The van der Waals surface area contributed by atoms with Crippen molar-refractivity contribution in [2.45, 2.75) is 75.9 Å². The van der Waals surface area contributed by atoms with Gasteiger partial charge in [0.25, 0.3) is 10.0 Å². The summed E-state index contributed by atoms with van der Waals surface area (Å²) >= 11 is 3.54. The highest BCUT2D eigenvalue weighted by Gasteiger charge is 2.36. The van der Waals surface area contributed by atoms with Crippen molar-refractivity contribution >= 4 is 43.5 Å². The van der Waals surface area contributed by atoms with Crippen molar-refractivity contribution in [1.82, 2.24) is 10.2 Å². The van der Waals surface area contributed by atoms with E-state index in [9.17, 15) is 18.0 Å². The summed E-state index contributed by atoms with van der Waals surface area (Å²) in [4.78, 5) is 30.6. The van der Waals surface area contributed by atoms with Gasteiger partial charge in [-0.05, 0) is 79.3 Å². The van der Waals surface area contributed by atoms with Gasteiger partial charge in [-0.1, -0.05) is 108 Å². The predicted octanol–water partition coefficient (Wildman–Crippen LogP) is 7.35. The summed E-state index contributed by atoms with van der Waals surface area (Å²) < 4.78 is 30.6. The molecule has 1 N–H and O–H groups in total. The molecular weight excluding hydrogens is 674 g/mol. The molecule has 7 nitrogen and oxygen atoms in total. The van der Waals surface area contributed by atoms with Gasteiger partial charge in [-0.3, -0.25) is 13.9 Å². The Morgan fingerprint density at radius 1 is 0.830 bits per heavy atom. The van der Waals surface area contributed by atoms with Gasteiger partial charge in [0.15, 0.2) is 0 Å². The number of carbonyl (C=O) groups is 2. The van der Waals surface area contributed by atoms with Gasteiger partial charge < -0.3 is 10.2 Å². The third-order valence-corrected chi connectivity index (χ3v) is 11.2. The van der Waals surface area contributed by atoms with Crippen molar-refractivity contribution in [3.05, 3.63) is 130 Å². The van der Waals surface area contributed by atoms with Crippen molar-refractivity contribution < 1.29 is 18.0 Å². The number of sulfonamides is 1. The zero-order chi connectivity index (χ0) is 33.4. The summed E-state index contributed by atoms with van der Waals surface area (Å²) in [5, 5.41) is 3.26. The molecule has 0 spiro atoms. The van der Waals surface area contributed by atoms with Gasteiger partial charge in [0.2, 0.25) is 11.8 Å². The molecule has 246 valence electrons. The maximum Gasteiger partial charge on any atom is 0.264 e. The van der Waals surface area contributed by atoms with E-state index in [2.05, 4.69) is 21.2 Å². The van der Waals surface area contributed by atoms with Gasteiger partial charge >= 0.3 is 0 Å². The van der Waals surface area contributed by atoms with Gasteiger partial charge in [-0.2, -0.15) is 0 Å². The van der Waals surface area contributed by atoms with E-state index in [1.807, 2.05) is 74.5 Å². The Hall–Kier alpha value is -3.95.